The maximum atomic E-state index is 13.0. The monoisotopic (exact) mass is 906 g/mol. The van der Waals surface area contributed by atoms with Crippen LogP contribution in [0.1, 0.15) is 83.0 Å². The molecule has 4 aromatic carbocycles. The molecule has 0 saturated heterocycles. The summed E-state index contributed by atoms with van der Waals surface area (Å²) >= 11 is 18.8. The van der Waals surface area contributed by atoms with Crippen molar-refractivity contribution in [2.75, 3.05) is 11.1 Å². The number of nitriles is 2. The average Bonchev–Trinajstić information content (AvgIpc) is 4.01. The van der Waals surface area contributed by atoms with Crippen molar-refractivity contribution >= 4 is 104 Å². The Labute approximate surface area is 371 Å². The first-order valence-electron chi connectivity index (χ1n) is 17.9. The Bertz CT molecular complexity index is 2790. The average molecular weight is 908 g/mol. The molecule has 0 atom stereocenters. The molecule has 0 unspecified atom stereocenters. The molecule has 6 aromatic rings. The fourth-order valence-electron chi connectivity index (χ4n) is 6.20. The van der Waals surface area contributed by atoms with Crippen LogP contribution in [-0.2, 0) is 25.9 Å². The second-order valence-electron chi connectivity index (χ2n) is 13.1. The quantitative estimate of drug-likeness (QED) is 0.0807. The van der Waals surface area contributed by atoms with Crippen molar-refractivity contribution < 1.29 is 28.8 Å². The number of anilines is 2. The predicted molar refractivity (Wildman–Crippen MR) is 234 cm³/mol. The van der Waals surface area contributed by atoms with Crippen LogP contribution in [0.15, 0.2) is 109 Å². The van der Waals surface area contributed by atoms with Crippen molar-refractivity contribution in [3.8, 4) is 12.1 Å². The number of nitrogens with one attached hydrogen (secondary N) is 1. The van der Waals surface area contributed by atoms with Crippen molar-refractivity contribution in [3.63, 3.8) is 0 Å². The number of carbonyl (C=O) groups excluding carboxylic acids is 6. The van der Waals surface area contributed by atoms with E-state index in [0.29, 0.717) is 42.5 Å². The molecular formula is C44H29Cl3N6O6S2. The number of hydrogen-bond acceptors (Lipinski definition) is 11. The first kappa shape index (κ1) is 43.9. The minimum absolute atomic E-state index is 0.104. The van der Waals surface area contributed by atoms with Crippen LogP contribution in [0, 0.1) is 22.7 Å². The predicted octanol–water partition coefficient (Wildman–Crippen LogP) is 9.43. The van der Waals surface area contributed by atoms with E-state index in [0.717, 1.165) is 38.5 Å². The van der Waals surface area contributed by atoms with Crippen molar-refractivity contribution in [2.45, 2.75) is 25.9 Å². The van der Waals surface area contributed by atoms with E-state index in [1.165, 1.54) is 16.2 Å². The van der Waals surface area contributed by atoms with Gasteiger partial charge in [-0.1, -0.05) is 83.9 Å². The molecule has 17 heteroatoms. The molecule has 304 valence electrons. The molecule has 5 amide bonds. The van der Waals surface area contributed by atoms with Gasteiger partial charge >= 0.3 is 0 Å². The van der Waals surface area contributed by atoms with E-state index in [-0.39, 0.29) is 47.3 Å². The number of halogens is 3. The number of fused-ring (bicyclic) bond motifs is 2. The number of nitrogens with zero attached hydrogens (tertiary/aromatic N) is 4. The summed E-state index contributed by atoms with van der Waals surface area (Å²) < 4.78 is 1.07. The fraction of sp³-hybridized carbons (Fsp3) is 0.0909. The third-order valence-corrected chi connectivity index (χ3v) is 11.9. The van der Waals surface area contributed by atoms with Crippen LogP contribution < -0.4 is 11.1 Å². The molecule has 2 aliphatic heterocycles. The van der Waals surface area contributed by atoms with Crippen LogP contribution in [0.2, 0.25) is 8.67 Å². The maximum Gasteiger partial charge on any atom is 0.265 e. The number of hydrogen-bond donors (Lipinski definition) is 2. The van der Waals surface area contributed by atoms with E-state index in [9.17, 15) is 28.8 Å². The summed E-state index contributed by atoms with van der Waals surface area (Å²) in [5.41, 5.74) is 10.8. The summed E-state index contributed by atoms with van der Waals surface area (Å²) in [5.74, 6) is -1.96. The largest absolute Gasteiger partial charge is 0.398 e. The lowest BCUT2D eigenvalue weighted by molar-refractivity contribution is 0.0627. The second-order valence-corrected chi connectivity index (χ2v) is 16.9. The number of carbonyl (C=O) groups is 6. The molecule has 4 heterocycles. The third-order valence-electron chi connectivity index (χ3n) is 9.14. The number of rotatable bonds is 9. The van der Waals surface area contributed by atoms with Gasteiger partial charge < -0.3 is 11.1 Å². The molecule has 61 heavy (non-hydrogen) atoms. The highest BCUT2D eigenvalue weighted by Crippen LogP contribution is 2.32. The Hall–Kier alpha value is -6.65. The van der Waals surface area contributed by atoms with Crippen molar-refractivity contribution in [3.05, 3.63) is 172 Å². The van der Waals surface area contributed by atoms with Crippen molar-refractivity contribution in [2.24, 2.45) is 0 Å². The highest BCUT2D eigenvalue weighted by molar-refractivity contribution is 7.19. The van der Waals surface area contributed by atoms with E-state index in [4.69, 9.17) is 51.1 Å². The van der Waals surface area contributed by atoms with Gasteiger partial charge in [0.2, 0.25) is 0 Å². The highest BCUT2D eigenvalue weighted by atomic mass is 35.5. The zero-order valence-corrected chi connectivity index (χ0v) is 35.4. The maximum absolute atomic E-state index is 13.0. The lowest BCUT2D eigenvalue weighted by Crippen LogP contribution is -2.29. The summed E-state index contributed by atoms with van der Waals surface area (Å²) in [7, 11) is 0. The number of nitrogens with two attached hydrogens (primary N) is 1. The second kappa shape index (κ2) is 19.6. The van der Waals surface area contributed by atoms with Gasteiger partial charge in [0, 0.05) is 5.69 Å². The first-order chi connectivity index (χ1) is 29.3. The normalized spacial score (nSPS) is 12.3. The number of benzene rings is 4. The molecule has 3 N–H and O–H groups in total. The van der Waals surface area contributed by atoms with Crippen LogP contribution in [0.3, 0.4) is 0 Å². The third kappa shape index (κ3) is 10.2. The van der Waals surface area contributed by atoms with Gasteiger partial charge in [0.25, 0.3) is 34.8 Å². The topological polar surface area (TPSA) is 195 Å². The molecule has 0 spiro atoms. The number of thiophene rings is 2. The summed E-state index contributed by atoms with van der Waals surface area (Å²) in [6.07, 6.45) is 0.635. The highest BCUT2D eigenvalue weighted by Gasteiger charge is 2.38. The Balaban J connectivity index is 0.000000175. The smallest absolute Gasteiger partial charge is 0.265 e. The molecule has 0 bridgehead atoms. The summed E-state index contributed by atoms with van der Waals surface area (Å²) in [4.78, 5) is 76.7. The lowest BCUT2D eigenvalue weighted by atomic mass is 10.1. The molecule has 2 aromatic heterocycles. The lowest BCUT2D eigenvalue weighted by Gasteiger charge is -2.14. The van der Waals surface area contributed by atoms with Crippen LogP contribution in [0.25, 0.3) is 0 Å². The van der Waals surface area contributed by atoms with Gasteiger partial charge in [-0.15, -0.1) is 22.7 Å². The van der Waals surface area contributed by atoms with E-state index >= 15 is 0 Å². The molecule has 2 aliphatic rings. The standard InChI is InChI=1S/C22H14ClN3O3S.C17H13N3O2.C5H2Cl2OS/c23-18-9-8-17(30-18)20(27)25-16-3-1-2-15-19(16)22(29)26(21(15)28)12-14-6-4-13(5-7-14)10-11-24;18-9-8-11-4-6-12(7-5-11)10-20-16(21)13-2-1-3-14(19)15(13)17(20)22;6-4-2-1-3(9-4)5(7)8/h1-9H,10,12H2,(H,25,27);1-7H,8,10,19H2;1-2H. The van der Waals surface area contributed by atoms with Gasteiger partial charge in [-0.05, 0) is 82.4 Å². The van der Waals surface area contributed by atoms with Crippen LogP contribution >= 0.6 is 57.5 Å². The number of amides is 5. The minimum atomic E-state index is -0.462. The van der Waals surface area contributed by atoms with Crippen LogP contribution in [0.4, 0.5) is 11.4 Å². The van der Waals surface area contributed by atoms with E-state index in [1.54, 1.807) is 84.9 Å². The Kier molecular flexibility index (Phi) is 14.1. The minimum Gasteiger partial charge on any atom is -0.398 e. The first-order valence-corrected chi connectivity index (χ1v) is 20.7. The van der Waals surface area contributed by atoms with Gasteiger partial charge in [0.15, 0.2) is 0 Å². The Morgan fingerprint density at radius 3 is 1.46 bits per heavy atom. The van der Waals surface area contributed by atoms with Gasteiger partial charge in [0.1, 0.15) is 0 Å². The van der Waals surface area contributed by atoms with Gasteiger partial charge in [0.05, 0.1) is 84.4 Å². The van der Waals surface area contributed by atoms with E-state index in [1.807, 2.05) is 24.3 Å². The molecule has 12 nitrogen and oxygen atoms in total. The molecule has 0 saturated carbocycles. The van der Waals surface area contributed by atoms with Gasteiger partial charge in [-0.2, -0.15) is 10.5 Å². The van der Waals surface area contributed by atoms with Crippen LogP contribution in [-0.4, -0.2) is 44.6 Å². The van der Waals surface area contributed by atoms with E-state index < -0.39 is 23.0 Å². The zero-order valence-electron chi connectivity index (χ0n) is 31.5. The molecule has 0 fully saturated rings. The van der Waals surface area contributed by atoms with Gasteiger partial charge in [-0.3, -0.25) is 38.6 Å². The van der Waals surface area contributed by atoms with Crippen molar-refractivity contribution in [1.29, 1.82) is 10.5 Å². The SMILES string of the molecule is N#CCc1ccc(CN2C(=O)c3cccc(N)c3C2=O)cc1.N#CCc1ccc(CN2C(=O)c3cccc(NC(=O)c4ccc(Cl)s4)c3C2=O)cc1.O=C(Cl)c1ccc(Cl)s1. The molecule has 0 radical (unpaired) electrons. The Morgan fingerprint density at radius 1 is 0.590 bits per heavy atom. The molecule has 8 rings (SSSR count). The number of imide groups is 2. The molecule has 0 aliphatic carbocycles. The fourth-order valence-corrected chi connectivity index (χ4v) is 8.19. The zero-order chi connectivity index (χ0) is 43.8. The van der Waals surface area contributed by atoms with Crippen molar-refractivity contribution in [1.82, 2.24) is 9.80 Å². The summed E-state index contributed by atoms with van der Waals surface area (Å²) in [6, 6.07) is 34.8. The van der Waals surface area contributed by atoms with E-state index in [2.05, 4.69) is 17.5 Å². The molecular weight excluding hydrogens is 879 g/mol. The van der Waals surface area contributed by atoms with Gasteiger partial charge in [-0.25, -0.2) is 0 Å². The Morgan fingerprint density at radius 2 is 1.03 bits per heavy atom. The summed E-state index contributed by atoms with van der Waals surface area (Å²) in [6.45, 7) is 0.297. The number of nitrogen functional groups attached to an aromatic ring is 1. The summed E-state index contributed by atoms with van der Waals surface area (Å²) in [5, 5.41) is 19.7. The van der Waals surface area contributed by atoms with Crippen LogP contribution in [0.5, 0.6) is 0 Å².